The highest BCUT2D eigenvalue weighted by molar-refractivity contribution is 6.27. The molecule has 1 aliphatic carbocycles. The molecular weight excluding hydrogens is 459 g/mol. The van der Waals surface area contributed by atoms with E-state index in [9.17, 15) is 14.0 Å². The number of halogens is 2. The molecule has 2 aromatic rings. The van der Waals surface area contributed by atoms with Gasteiger partial charge in [0.05, 0.1) is 14.2 Å². The number of ether oxygens (including phenoxy) is 2. The van der Waals surface area contributed by atoms with Gasteiger partial charge in [0.1, 0.15) is 17.7 Å². The van der Waals surface area contributed by atoms with Crippen LogP contribution in [0.1, 0.15) is 49.3 Å². The quantitative estimate of drug-likeness (QED) is 0.492. The molecule has 0 spiro atoms. The maximum atomic E-state index is 13.6. The Balaban J connectivity index is 1.87. The summed E-state index contributed by atoms with van der Waals surface area (Å²) in [4.78, 5) is 27.9. The summed E-state index contributed by atoms with van der Waals surface area (Å²) in [5, 5.41) is 3.12. The van der Waals surface area contributed by atoms with Crippen LogP contribution in [-0.4, -0.2) is 49.4 Å². The summed E-state index contributed by atoms with van der Waals surface area (Å²) in [5.74, 6) is -0.119. The second-order valence-corrected chi connectivity index (χ2v) is 8.72. The molecule has 1 aliphatic rings. The molecule has 6 nitrogen and oxygen atoms in total. The molecule has 0 aromatic heterocycles. The van der Waals surface area contributed by atoms with Gasteiger partial charge in [0.25, 0.3) is 0 Å². The second kappa shape index (κ2) is 12.6. The van der Waals surface area contributed by atoms with Crippen LogP contribution in [0.15, 0.2) is 42.5 Å². The zero-order valence-electron chi connectivity index (χ0n) is 19.7. The van der Waals surface area contributed by atoms with Gasteiger partial charge in [-0.2, -0.15) is 0 Å². The van der Waals surface area contributed by atoms with Crippen molar-refractivity contribution in [2.24, 2.45) is 0 Å². The molecule has 0 radical (unpaired) electrons. The van der Waals surface area contributed by atoms with Gasteiger partial charge < -0.3 is 19.7 Å². The van der Waals surface area contributed by atoms with E-state index in [1.807, 2.05) is 12.1 Å². The first-order chi connectivity index (χ1) is 16.5. The van der Waals surface area contributed by atoms with Gasteiger partial charge in [-0.05, 0) is 54.7 Å². The Labute approximate surface area is 205 Å². The predicted molar refractivity (Wildman–Crippen MR) is 130 cm³/mol. The second-order valence-electron chi connectivity index (χ2n) is 8.46. The maximum absolute atomic E-state index is 13.6. The fraction of sp³-hybridized carbons (Fsp3) is 0.462. The average Bonchev–Trinajstić information content (AvgIpc) is 2.87. The van der Waals surface area contributed by atoms with Crippen molar-refractivity contribution in [3.8, 4) is 11.5 Å². The van der Waals surface area contributed by atoms with Gasteiger partial charge in [-0.25, -0.2) is 4.39 Å². The number of amides is 2. The first-order valence-electron chi connectivity index (χ1n) is 11.6. The van der Waals surface area contributed by atoms with Gasteiger partial charge in [0, 0.05) is 12.6 Å². The Morgan fingerprint density at radius 3 is 2.35 bits per heavy atom. The van der Waals surface area contributed by atoms with E-state index in [1.165, 1.54) is 17.0 Å². The Hall–Kier alpha value is -2.80. The van der Waals surface area contributed by atoms with Crippen LogP contribution in [0.4, 0.5) is 4.39 Å². The van der Waals surface area contributed by atoms with Crippen LogP contribution in [0, 0.1) is 5.82 Å². The van der Waals surface area contributed by atoms with Crippen molar-refractivity contribution in [3.63, 3.8) is 0 Å². The molecule has 184 valence electrons. The van der Waals surface area contributed by atoms with Gasteiger partial charge >= 0.3 is 0 Å². The molecule has 0 saturated heterocycles. The maximum Gasteiger partial charge on any atom is 0.247 e. The Morgan fingerprint density at radius 1 is 1.06 bits per heavy atom. The molecule has 1 fully saturated rings. The minimum Gasteiger partial charge on any atom is -0.493 e. The number of benzene rings is 2. The smallest absolute Gasteiger partial charge is 0.247 e. The van der Waals surface area contributed by atoms with Gasteiger partial charge in [-0.1, -0.05) is 37.5 Å². The lowest BCUT2D eigenvalue weighted by Gasteiger charge is -2.33. The molecule has 2 amide bonds. The lowest BCUT2D eigenvalue weighted by Crippen LogP contribution is -2.48. The van der Waals surface area contributed by atoms with E-state index in [-0.39, 0.29) is 30.3 Å². The number of hydrogen-bond acceptors (Lipinski definition) is 4. The fourth-order valence-corrected chi connectivity index (χ4v) is 4.56. The number of methoxy groups -OCH3 is 2. The number of carbonyl (C=O) groups excluding carboxylic acids is 2. The summed E-state index contributed by atoms with van der Waals surface area (Å²) < 4.78 is 24.3. The van der Waals surface area contributed by atoms with Gasteiger partial charge in [-0.3, -0.25) is 9.59 Å². The normalized spacial score (nSPS) is 14.8. The van der Waals surface area contributed by atoms with Gasteiger partial charge in [-0.15, -0.1) is 11.6 Å². The Morgan fingerprint density at radius 2 is 1.74 bits per heavy atom. The molecule has 1 atom stereocenters. The molecule has 3 rings (SSSR count). The number of alkyl halides is 1. The van der Waals surface area contributed by atoms with Gasteiger partial charge in [0.15, 0.2) is 11.5 Å². The minimum absolute atomic E-state index is 0.0722. The van der Waals surface area contributed by atoms with Crippen molar-refractivity contribution < 1.29 is 23.5 Å². The molecular formula is C26H32ClFN2O4. The molecule has 2 aromatic carbocycles. The van der Waals surface area contributed by atoms with E-state index < -0.39 is 11.9 Å². The summed E-state index contributed by atoms with van der Waals surface area (Å²) in [6.07, 6.45) is 5.59. The topological polar surface area (TPSA) is 67.9 Å². The van der Waals surface area contributed by atoms with Crippen LogP contribution < -0.4 is 14.8 Å². The van der Waals surface area contributed by atoms with Crippen molar-refractivity contribution >= 4 is 23.4 Å². The predicted octanol–water partition coefficient (Wildman–Crippen LogP) is 4.64. The first-order valence-corrected chi connectivity index (χ1v) is 12.1. The van der Waals surface area contributed by atoms with E-state index in [2.05, 4.69) is 5.32 Å². The third-order valence-corrected chi connectivity index (χ3v) is 6.45. The summed E-state index contributed by atoms with van der Waals surface area (Å²) >= 11 is 5.95. The third kappa shape index (κ3) is 6.63. The number of nitrogens with zero attached hydrogens (tertiary/aromatic N) is 1. The number of nitrogens with one attached hydrogen (secondary N) is 1. The molecule has 8 heteroatoms. The van der Waals surface area contributed by atoms with Crippen molar-refractivity contribution in [3.05, 3.63) is 59.4 Å². The van der Waals surface area contributed by atoms with Crippen LogP contribution >= 0.6 is 11.6 Å². The molecule has 1 saturated carbocycles. The summed E-state index contributed by atoms with van der Waals surface area (Å²) in [5.41, 5.74) is 1.45. The van der Waals surface area contributed by atoms with Crippen LogP contribution in [-0.2, 0) is 16.0 Å². The monoisotopic (exact) mass is 490 g/mol. The van der Waals surface area contributed by atoms with Crippen molar-refractivity contribution in [1.82, 2.24) is 10.2 Å². The van der Waals surface area contributed by atoms with E-state index in [0.29, 0.717) is 23.5 Å². The van der Waals surface area contributed by atoms with Crippen LogP contribution in [0.2, 0.25) is 0 Å². The van der Waals surface area contributed by atoms with Crippen LogP contribution in [0.3, 0.4) is 0 Å². The minimum atomic E-state index is -0.908. The molecule has 0 bridgehead atoms. The molecule has 0 heterocycles. The first kappa shape index (κ1) is 25.8. The summed E-state index contributed by atoms with van der Waals surface area (Å²) in [7, 11) is 3.13. The number of carbonyl (C=O) groups is 2. The SMILES string of the molecule is COc1ccc(CCN(C(=O)CCl)[C@H](C(=O)NC2CCCCC2)c2ccc(F)cc2)cc1OC. The molecule has 0 unspecified atom stereocenters. The zero-order chi connectivity index (χ0) is 24.5. The van der Waals surface area contributed by atoms with Crippen molar-refractivity contribution in [1.29, 1.82) is 0 Å². The lowest BCUT2D eigenvalue weighted by atomic mass is 9.94. The standard InChI is InChI=1S/C26H32ClFN2O4/c1-33-22-13-8-18(16-23(22)34-2)14-15-30(24(31)17-27)25(19-9-11-20(28)12-10-19)26(32)29-21-6-4-3-5-7-21/h8-13,16,21,25H,3-7,14-15,17H2,1-2H3,(H,29,32)/t25-/m0/s1. The summed E-state index contributed by atoms with van der Waals surface area (Å²) in [6, 6.07) is 10.4. The highest BCUT2D eigenvalue weighted by atomic mass is 35.5. The highest BCUT2D eigenvalue weighted by Crippen LogP contribution is 2.29. The average molecular weight is 491 g/mol. The van der Waals surface area contributed by atoms with Crippen LogP contribution in [0.25, 0.3) is 0 Å². The van der Waals surface area contributed by atoms with Crippen molar-refractivity contribution in [2.45, 2.75) is 50.6 Å². The van der Waals surface area contributed by atoms with E-state index >= 15 is 0 Å². The lowest BCUT2D eigenvalue weighted by molar-refractivity contribution is -0.139. The number of rotatable bonds is 10. The Kier molecular flexibility index (Phi) is 9.57. The third-order valence-electron chi connectivity index (χ3n) is 6.22. The fourth-order valence-electron chi connectivity index (χ4n) is 4.41. The highest BCUT2D eigenvalue weighted by Gasteiger charge is 2.32. The van der Waals surface area contributed by atoms with Crippen molar-refractivity contribution in [2.75, 3.05) is 26.6 Å². The van der Waals surface area contributed by atoms with Crippen LogP contribution in [0.5, 0.6) is 11.5 Å². The number of hydrogen-bond donors (Lipinski definition) is 1. The van der Waals surface area contributed by atoms with E-state index in [1.54, 1.807) is 32.4 Å². The largest absolute Gasteiger partial charge is 0.493 e. The molecule has 34 heavy (non-hydrogen) atoms. The van der Waals surface area contributed by atoms with Gasteiger partial charge in [0.2, 0.25) is 11.8 Å². The molecule has 0 aliphatic heterocycles. The zero-order valence-corrected chi connectivity index (χ0v) is 20.4. The Bertz CT molecular complexity index is 964. The molecule has 1 N–H and O–H groups in total. The summed E-state index contributed by atoms with van der Waals surface area (Å²) in [6.45, 7) is 0.251. The van der Waals surface area contributed by atoms with E-state index in [0.717, 1.165) is 37.7 Å². The van der Waals surface area contributed by atoms with E-state index in [4.69, 9.17) is 21.1 Å².